The Morgan fingerprint density at radius 3 is 2.46 bits per heavy atom. The van der Waals surface area contributed by atoms with Gasteiger partial charge in [0.05, 0.1) is 5.69 Å². The van der Waals surface area contributed by atoms with Crippen LogP contribution in [0.1, 0.15) is 49.2 Å². The van der Waals surface area contributed by atoms with Gasteiger partial charge in [0.1, 0.15) is 6.04 Å². The van der Waals surface area contributed by atoms with E-state index >= 15 is 0 Å². The molecule has 6 nitrogen and oxygen atoms in total. The second kappa shape index (κ2) is 9.04. The molecule has 0 aliphatic carbocycles. The molecule has 1 aliphatic rings. The molecule has 1 aliphatic heterocycles. The Balaban J connectivity index is 1.44. The maximum absolute atomic E-state index is 12.6. The summed E-state index contributed by atoms with van der Waals surface area (Å²) < 4.78 is 1.77. The van der Waals surface area contributed by atoms with E-state index < -0.39 is 0 Å². The molecule has 2 heterocycles. The van der Waals surface area contributed by atoms with E-state index in [4.69, 9.17) is 0 Å². The minimum Gasteiger partial charge on any atom is -0.351 e. The van der Waals surface area contributed by atoms with Crippen molar-refractivity contribution in [1.29, 1.82) is 0 Å². The molecule has 2 amide bonds. The quantitative estimate of drug-likeness (QED) is 0.835. The van der Waals surface area contributed by atoms with E-state index in [0.717, 1.165) is 30.7 Å². The van der Waals surface area contributed by atoms with Crippen LogP contribution in [-0.4, -0.2) is 45.6 Å². The van der Waals surface area contributed by atoms with Gasteiger partial charge in [-0.2, -0.15) is 5.10 Å². The molecule has 1 N–H and O–H groups in total. The fraction of sp³-hybridized carbons (Fsp3) is 0.500. The van der Waals surface area contributed by atoms with Gasteiger partial charge in [0.25, 0.3) is 0 Å². The molecule has 150 valence electrons. The van der Waals surface area contributed by atoms with Crippen molar-refractivity contribution in [1.82, 2.24) is 20.0 Å². The van der Waals surface area contributed by atoms with Gasteiger partial charge in [-0.1, -0.05) is 30.3 Å². The van der Waals surface area contributed by atoms with Gasteiger partial charge in [0.15, 0.2) is 0 Å². The van der Waals surface area contributed by atoms with Crippen LogP contribution in [0.3, 0.4) is 0 Å². The first-order valence-corrected chi connectivity index (χ1v) is 10.1. The van der Waals surface area contributed by atoms with E-state index in [1.54, 1.807) is 4.68 Å². The fourth-order valence-electron chi connectivity index (χ4n) is 3.80. The zero-order chi connectivity index (χ0) is 20.1. The van der Waals surface area contributed by atoms with Crippen LogP contribution in [0.15, 0.2) is 36.4 Å². The van der Waals surface area contributed by atoms with Crippen molar-refractivity contribution in [2.45, 2.75) is 58.5 Å². The van der Waals surface area contributed by atoms with Crippen molar-refractivity contribution in [2.24, 2.45) is 0 Å². The van der Waals surface area contributed by atoms with E-state index in [9.17, 15) is 9.59 Å². The molecular formula is C22H30N4O2. The predicted octanol–water partition coefficient (Wildman–Crippen LogP) is 2.80. The van der Waals surface area contributed by atoms with Crippen LogP contribution >= 0.6 is 0 Å². The first-order valence-electron chi connectivity index (χ1n) is 10.1. The van der Waals surface area contributed by atoms with Crippen LogP contribution < -0.4 is 5.32 Å². The summed E-state index contributed by atoms with van der Waals surface area (Å²) in [5, 5.41) is 7.54. The lowest BCUT2D eigenvalue weighted by Gasteiger charge is -2.33. The van der Waals surface area contributed by atoms with Gasteiger partial charge in [0.2, 0.25) is 11.8 Å². The van der Waals surface area contributed by atoms with Gasteiger partial charge in [0, 0.05) is 31.2 Å². The summed E-state index contributed by atoms with van der Waals surface area (Å²) in [4.78, 5) is 27.0. The number of rotatable bonds is 6. The number of nitrogens with zero attached hydrogens (tertiary/aromatic N) is 3. The van der Waals surface area contributed by atoms with Crippen molar-refractivity contribution < 1.29 is 9.59 Å². The first-order chi connectivity index (χ1) is 13.4. The molecule has 1 aromatic heterocycles. The Labute approximate surface area is 166 Å². The SMILES string of the molecule is Cc1cc(C)n(C(C)C(=O)NC2CCN(C(=O)CCc3ccccc3)CC2)n1. The van der Waals surface area contributed by atoms with Crippen LogP contribution in [-0.2, 0) is 16.0 Å². The van der Waals surface area contributed by atoms with Gasteiger partial charge in [-0.25, -0.2) is 0 Å². The van der Waals surface area contributed by atoms with Gasteiger partial charge in [-0.3, -0.25) is 14.3 Å². The van der Waals surface area contributed by atoms with E-state index in [-0.39, 0.29) is 23.9 Å². The number of piperidine rings is 1. The fourth-order valence-corrected chi connectivity index (χ4v) is 3.80. The second-order valence-corrected chi connectivity index (χ2v) is 7.70. The zero-order valence-electron chi connectivity index (χ0n) is 17.0. The summed E-state index contributed by atoms with van der Waals surface area (Å²) in [6.07, 6.45) is 2.91. The van der Waals surface area contributed by atoms with Crippen LogP contribution in [0.5, 0.6) is 0 Å². The van der Waals surface area contributed by atoms with Crippen molar-refractivity contribution in [2.75, 3.05) is 13.1 Å². The molecule has 0 spiro atoms. The molecule has 3 rings (SSSR count). The third kappa shape index (κ3) is 5.00. The van der Waals surface area contributed by atoms with Gasteiger partial charge < -0.3 is 10.2 Å². The average Bonchev–Trinajstić information content (AvgIpc) is 3.04. The summed E-state index contributed by atoms with van der Waals surface area (Å²) >= 11 is 0. The number of aromatic nitrogens is 2. The molecule has 1 saturated heterocycles. The van der Waals surface area contributed by atoms with E-state index in [0.29, 0.717) is 19.5 Å². The van der Waals surface area contributed by atoms with Crippen LogP contribution in [0.25, 0.3) is 0 Å². The maximum Gasteiger partial charge on any atom is 0.244 e. The number of amides is 2. The highest BCUT2D eigenvalue weighted by atomic mass is 16.2. The molecule has 2 aromatic rings. The molecule has 0 bridgehead atoms. The summed E-state index contributed by atoms with van der Waals surface area (Å²) in [6.45, 7) is 7.17. The normalized spacial score (nSPS) is 16.0. The van der Waals surface area contributed by atoms with E-state index in [2.05, 4.69) is 22.5 Å². The van der Waals surface area contributed by atoms with Crippen molar-refractivity contribution in [3.8, 4) is 0 Å². The Hall–Kier alpha value is -2.63. The molecule has 0 saturated carbocycles. The van der Waals surface area contributed by atoms with Crippen molar-refractivity contribution in [3.63, 3.8) is 0 Å². The number of aryl methyl sites for hydroxylation is 3. The molecule has 28 heavy (non-hydrogen) atoms. The monoisotopic (exact) mass is 382 g/mol. The standard InChI is InChI=1S/C22H30N4O2/c1-16-15-17(2)26(24-16)18(3)22(28)23-20-11-13-25(14-12-20)21(27)10-9-19-7-5-4-6-8-19/h4-8,15,18,20H,9-14H2,1-3H3,(H,23,28). The topological polar surface area (TPSA) is 67.2 Å². The lowest BCUT2D eigenvalue weighted by Crippen LogP contribution is -2.48. The van der Waals surface area contributed by atoms with Crippen molar-refractivity contribution in [3.05, 3.63) is 53.3 Å². The number of carbonyl (C=O) groups is 2. The Kier molecular flexibility index (Phi) is 6.49. The highest BCUT2D eigenvalue weighted by molar-refractivity contribution is 5.80. The lowest BCUT2D eigenvalue weighted by atomic mass is 10.0. The van der Waals surface area contributed by atoms with Gasteiger partial charge in [-0.05, 0) is 51.7 Å². The summed E-state index contributed by atoms with van der Waals surface area (Å²) in [5.74, 6) is 0.185. The minimum absolute atomic E-state index is 0.0138. The second-order valence-electron chi connectivity index (χ2n) is 7.70. The third-order valence-electron chi connectivity index (χ3n) is 5.46. The van der Waals surface area contributed by atoms with Crippen LogP contribution in [0.4, 0.5) is 0 Å². The van der Waals surface area contributed by atoms with Crippen LogP contribution in [0.2, 0.25) is 0 Å². The van der Waals surface area contributed by atoms with Crippen molar-refractivity contribution >= 4 is 11.8 Å². The Morgan fingerprint density at radius 1 is 1.18 bits per heavy atom. The molecule has 1 atom stereocenters. The van der Waals surface area contributed by atoms with Crippen LogP contribution in [0, 0.1) is 13.8 Å². The Bertz CT molecular complexity index is 807. The number of likely N-dealkylation sites (tertiary alicyclic amines) is 1. The zero-order valence-corrected chi connectivity index (χ0v) is 17.0. The molecule has 1 fully saturated rings. The predicted molar refractivity (Wildman–Crippen MR) is 109 cm³/mol. The number of hydrogen-bond acceptors (Lipinski definition) is 3. The Morgan fingerprint density at radius 2 is 1.86 bits per heavy atom. The molecule has 0 radical (unpaired) electrons. The first kappa shape index (κ1) is 20.1. The molecule has 6 heteroatoms. The summed E-state index contributed by atoms with van der Waals surface area (Å²) in [5.41, 5.74) is 3.09. The smallest absolute Gasteiger partial charge is 0.244 e. The third-order valence-corrected chi connectivity index (χ3v) is 5.46. The number of nitrogens with one attached hydrogen (secondary N) is 1. The van der Waals surface area contributed by atoms with Gasteiger partial charge in [-0.15, -0.1) is 0 Å². The molecule has 1 unspecified atom stereocenters. The maximum atomic E-state index is 12.6. The average molecular weight is 383 g/mol. The largest absolute Gasteiger partial charge is 0.351 e. The van der Waals surface area contributed by atoms with E-state index in [1.165, 1.54) is 5.56 Å². The number of hydrogen-bond donors (Lipinski definition) is 1. The lowest BCUT2D eigenvalue weighted by molar-refractivity contribution is -0.132. The highest BCUT2D eigenvalue weighted by Gasteiger charge is 2.26. The number of benzene rings is 1. The van der Waals surface area contributed by atoms with E-state index in [1.807, 2.05) is 49.9 Å². The molecular weight excluding hydrogens is 352 g/mol. The van der Waals surface area contributed by atoms with Gasteiger partial charge >= 0.3 is 0 Å². The number of carbonyl (C=O) groups excluding carboxylic acids is 2. The highest BCUT2D eigenvalue weighted by Crippen LogP contribution is 2.16. The minimum atomic E-state index is -0.334. The summed E-state index contributed by atoms with van der Waals surface area (Å²) in [7, 11) is 0. The summed E-state index contributed by atoms with van der Waals surface area (Å²) in [6, 6.07) is 11.9. The molecule has 1 aromatic carbocycles.